The molecule has 0 unspecified atom stereocenters. The summed E-state index contributed by atoms with van der Waals surface area (Å²) in [7, 11) is 0.284. The molecule has 4 N–H and O–H groups in total. The molecule has 1 fully saturated rings. The number of carbonyl (C=O) groups is 4. The first kappa shape index (κ1) is 32.2. The van der Waals surface area contributed by atoms with Gasteiger partial charge in [-0.1, -0.05) is 77.6 Å². The van der Waals surface area contributed by atoms with Crippen molar-refractivity contribution >= 4 is 30.8 Å². The molecule has 0 spiro atoms. The summed E-state index contributed by atoms with van der Waals surface area (Å²) in [5, 5.41) is 10.6. The minimum Gasteiger partial charge on any atom is -0.355 e. The van der Waals surface area contributed by atoms with Gasteiger partial charge in [0.1, 0.15) is 23.7 Å². The van der Waals surface area contributed by atoms with E-state index >= 15 is 0 Å². The summed E-state index contributed by atoms with van der Waals surface area (Å²) in [6, 6.07) is 0.858. The molecule has 4 amide bonds. The fraction of sp³-hybridized carbons (Fsp3) is 0.643. The Kier molecular flexibility index (Phi) is 12.9. The first-order valence-corrected chi connectivity index (χ1v) is 13.9. The molecule has 1 saturated carbocycles. The van der Waals surface area contributed by atoms with Gasteiger partial charge in [0.05, 0.1) is 6.42 Å². The Bertz CT molecular complexity index is 994. The van der Waals surface area contributed by atoms with Crippen LogP contribution in [0.5, 0.6) is 0 Å². The minimum atomic E-state index is -1.16. The van der Waals surface area contributed by atoms with E-state index in [1.807, 2.05) is 20.8 Å². The van der Waals surface area contributed by atoms with E-state index in [0.29, 0.717) is 6.54 Å². The topological polar surface area (TPSA) is 116 Å². The summed E-state index contributed by atoms with van der Waals surface area (Å²) < 4.78 is 27.0. The van der Waals surface area contributed by atoms with Crippen LogP contribution in [-0.2, 0) is 20.9 Å². The predicted molar refractivity (Wildman–Crippen MR) is 148 cm³/mol. The van der Waals surface area contributed by atoms with Gasteiger partial charge in [-0.15, -0.1) is 0 Å². The zero-order valence-corrected chi connectivity index (χ0v) is 23.6. The molecule has 0 saturated heterocycles. The van der Waals surface area contributed by atoms with Crippen molar-refractivity contribution < 1.29 is 28.0 Å². The average molecular weight is 548 g/mol. The van der Waals surface area contributed by atoms with E-state index in [-0.39, 0.29) is 48.8 Å². The number of hydrogen-bond donors (Lipinski definition) is 4. The normalized spacial score (nSPS) is 16.2. The highest BCUT2D eigenvalue weighted by molar-refractivity contribution is 6.74. The zero-order valence-electron chi connectivity index (χ0n) is 23.6. The maximum Gasteiger partial charge on any atom is 0.243 e. The van der Waals surface area contributed by atoms with Gasteiger partial charge in [-0.3, -0.25) is 19.2 Å². The number of nitrogens with one attached hydrogen (secondary N) is 4. The standard InChI is InChI=1S/C28H43BF2N4O4/c1-18(25(37)32-16-19-12-13-21(30)14-22(19)31)34-26(38)23(15-24(36)33-17-28(2,3)4)35-27(39)29-20-10-8-6-5-7-9-11-20/h12-14,18,20,23,29H,5-11,15-17H2,1-4H3,(H,32,37)(H,33,36)(H,34,38)(H,35,39)/t18-,23-/m0/s1. The summed E-state index contributed by atoms with van der Waals surface area (Å²) in [4.78, 5) is 51.1. The van der Waals surface area contributed by atoms with E-state index in [4.69, 9.17) is 0 Å². The Morgan fingerprint density at radius 3 is 2.21 bits per heavy atom. The molecule has 0 aromatic heterocycles. The van der Waals surface area contributed by atoms with Crippen molar-refractivity contribution in [3.8, 4) is 0 Å². The van der Waals surface area contributed by atoms with Crippen LogP contribution >= 0.6 is 0 Å². The summed E-state index contributed by atoms with van der Waals surface area (Å²) in [5.74, 6) is -3.22. The van der Waals surface area contributed by atoms with E-state index in [2.05, 4.69) is 21.3 Å². The maximum atomic E-state index is 13.9. The van der Waals surface area contributed by atoms with Crippen LogP contribution in [0.3, 0.4) is 0 Å². The van der Waals surface area contributed by atoms with Crippen LogP contribution in [0, 0.1) is 17.0 Å². The molecule has 1 aromatic rings. The van der Waals surface area contributed by atoms with Gasteiger partial charge in [0.2, 0.25) is 25.0 Å². The van der Waals surface area contributed by atoms with Crippen LogP contribution in [0.2, 0.25) is 5.82 Å². The van der Waals surface area contributed by atoms with Gasteiger partial charge in [0.25, 0.3) is 0 Å². The van der Waals surface area contributed by atoms with E-state index < -0.39 is 35.5 Å². The second-order valence-corrected chi connectivity index (χ2v) is 11.8. The summed E-state index contributed by atoms with van der Waals surface area (Å²) in [6.07, 6.45) is 7.33. The fourth-order valence-corrected chi connectivity index (χ4v) is 4.47. The molecule has 11 heteroatoms. The molecular weight excluding hydrogens is 505 g/mol. The number of halogens is 2. The lowest BCUT2D eigenvalue weighted by atomic mass is 9.59. The Hall–Kier alpha value is -2.98. The highest BCUT2D eigenvalue weighted by atomic mass is 19.1. The fourth-order valence-electron chi connectivity index (χ4n) is 4.47. The van der Waals surface area contributed by atoms with Crippen LogP contribution < -0.4 is 21.3 Å². The van der Waals surface area contributed by atoms with Gasteiger partial charge in [0.15, 0.2) is 5.81 Å². The lowest BCUT2D eigenvalue weighted by Gasteiger charge is -2.24. The Balaban J connectivity index is 1.99. The summed E-state index contributed by atoms with van der Waals surface area (Å²) in [5.41, 5.74) is -0.0657. The molecule has 1 aliphatic rings. The lowest BCUT2D eigenvalue weighted by Crippen LogP contribution is -2.54. The smallest absolute Gasteiger partial charge is 0.243 e. The van der Waals surface area contributed by atoms with E-state index in [0.717, 1.165) is 50.7 Å². The number of rotatable bonds is 11. The van der Waals surface area contributed by atoms with Crippen LogP contribution in [-0.4, -0.2) is 49.4 Å². The highest BCUT2D eigenvalue weighted by Crippen LogP contribution is 2.26. The van der Waals surface area contributed by atoms with Gasteiger partial charge >= 0.3 is 0 Å². The Morgan fingerprint density at radius 1 is 0.949 bits per heavy atom. The van der Waals surface area contributed by atoms with Crippen molar-refractivity contribution in [1.82, 2.24) is 21.3 Å². The number of amides is 4. The zero-order chi connectivity index (χ0) is 29.0. The number of hydrogen-bond acceptors (Lipinski definition) is 4. The highest BCUT2D eigenvalue weighted by Gasteiger charge is 2.28. The molecule has 39 heavy (non-hydrogen) atoms. The molecule has 0 radical (unpaired) electrons. The average Bonchev–Trinajstić information content (AvgIpc) is 2.82. The van der Waals surface area contributed by atoms with Crippen molar-refractivity contribution in [2.75, 3.05) is 6.54 Å². The van der Waals surface area contributed by atoms with Gasteiger partial charge in [-0.05, 0) is 18.4 Å². The molecule has 8 nitrogen and oxygen atoms in total. The first-order valence-electron chi connectivity index (χ1n) is 13.9. The summed E-state index contributed by atoms with van der Waals surface area (Å²) >= 11 is 0. The van der Waals surface area contributed by atoms with Crippen molar-refractivity contribution in [2.45, 2.75) is 104 Å². The Labute approximate surface area is 231 Å². The molecule has 0 aliphatic heterocycles. The SMILES string of the molecule is C[C@H](NC(=O)[C@H](CC(=O)NCC(C)(C)C)NC(=O)BC1CCCCCCC1)C(=O)NCc1ccc(F)cc1F. The monoisotopic (exact) mass is 548 g/mol. The van der Waals surface area contributed by atoms with Crippen molar-refractivity contribution in [3.05, 3.63) is 35.4 Å². The molecule has 1 aliphatic carbocycles. The van der Waals surface area contributed by atoms with Crippen LogP contribution in [0.4, 0.5) is 13.6 Å². The third-order valence-electron chi connectivity index (χ3n) is 6.78. The molecule has 2 rings (SSSR count). The van der Waals surface area contributed by atoms with Crippen molar-refractivity contribution in [1.29, 1.82) is 0 Å². The number of benzene rings is 1. The van der Waals surface area contributed by atoms with Gasteiger partial charge in [0, 0.05) is 24.7 Å². The third kappa shape index (κ3) is 12.6. The van der Waals surface area contributed by atoms with E-state index in [1.165, 1.54) is 19.4 Å². The van der Waals surface area contributed by atoms with Crippen LogP contribution in [0.15, 0.2) is 18.2 Å². The third-order valence-corrected chi connectivity index (χ3v) is 6.78. The van der Waals surface area contributed by atoms with Crippen LogP contribution in [0.1, 0.15) is 84.6 Å². The molecule has 0 bridgehead atoms. The molecule has 2 atom stereocenters. The molecular formula is C28H43BF2N4O4. The Morgan fingerprint density at radius 2 is 1.59 bits per heavy atom. The van der Waals surface area contributed by atoms with Gasteiger partial charge in [-0.25, -0.2) is 8.78 Å². The first-order chi connectivity index (χ1) is 18.3. The van der Waals surface area contributed by atoms with Crippen molar-refractivity contribution in [2.24, 2.45) is 5.41 Å². The van der Waals surface area contributed by atoms with E-state index in [9.17, 15) is 28.0 Å². The van der Waals surface area contributed by atoms with E-state index in [1.54, 1.807) is 0 Å². The minimum absolute atomic E-state index is 0.0955. The predicted octanol–water partition coefficient (Wildman–Crippen LogP) is 3.69. The lowest BCUT2D eigenvalue weighted by molar-refractivity contribution is -0.131. The molecule has 0 heterocycles. The van der Waals surface area contributed by atoms with Crippen LogP contribution in [0.25, 0.3) is 0 Å². The second-order valence-electron chi connectivity index (χ2n) is 11.8. The second kappa shape index (κ2) is 15.6. The van der Waals surface area contributed by atoms with Crippen molar-refractivity contribution in [3.63, 3.8) is 0 Å². The largest absolute Gasteiger partial charge is 0.355 e. The molecule has 1 aromatic carbocycles. The molecule has 216 valence electrons. The maximum absolute atomic E-state index is 13.9. The quantitative estimate of drug-likeness (QED) is 0.316. The van der Waals surface area contributed by atoms with Gasteiger partial charge in [-0.2, -0.15) is 0 Å². The number of carbonyl (C=O) groups excluding carboxylic acids is 4. The summed E-state index contributed by atoms with van der Waals surface area (Å²) in [6.45, 7) is 7.54. The van der Waals surface area contributed by atoms with Gasteiger partial charge < -0.3 is 21.3 Å².